The van der Waals surface area contributed by atoms with Gasteiger partial charge in [0, 0.05) is 9.80 Å². The predicted molar refractivity (Wildman–Crippen MR) is 79.1 cm³/mol. The van der Waals surface area contributed by atoms with Crippen LogP contribution in [-0.2, 0) is 6.42 Å². The number of hydrogen-bond acceptors (Lipinski definition) is 1. The molecule has 0 N–H and O–H groups in total. The summed E-state index contributed by atoms with van der Waals surface area (Å²) in [4.78, 5) is 0. The van der Waals surface area contributed by atoms with E-state index in [-0.39, 0.29) is 0 Å². The van der Waals surface area contributed by atoms with Gasteiger partial charge in [-0.15, -0.1) is 0 Å². The second-order valence-electron chi connectivity index (χ2n) is 4.97. The van der Waals surface area contributed by atoms with Crippen LogP contribution in [-0.4, -0.2) is 12.4 Å². The smallest absolute Gasteiger partial charge is 0.122 e. The van der Waals surface area contributed by atoms with Crippen molar-refractivity contribution in [2.75, 3.05) is 12.4 Å². The summed E-state index contributed by atoms with van der Waals surface area (Å²) >= 11 is 7.25. The maximum Gasteiger partial charge on any atom is 0.122 e. The van der Waals surface area contributed by atoms with Gasteiger partial charge in [-0.25, -0.2) is 0 Å². The SMILES string of the molecule is COc1ccc(Br)cc1CC1(CBr)CCCC1. The molecule has 0 amide bonds. The van der Waals surface area contributed by atoms with Gasteiger partial charge in [0.05, 0.1) is 7.11 Å². The van der Waals surface area contributed by atoms with Crippen molar-refractivity contribution in [1.82, 2.24) is 0 Å². The highest BCUT2D eigenvalue weighted by Gasteiger charge is 2.33. The maximum absolute atomic E-state index is 5.46. The van der Waals surface area contributed by atoms with Crippen molar-refractivity contribution in [3.8, 4) is 5.75 Å². The summed E-state index contributed by atoms with van der Waals surface area (Å²) in [6, 6.07) is 6.29. The van der Waals surface area contributed by atoms with Crippen LogP contribution < -0.4 is 4.74 Å². The first-order valence-electron chi connectivity index (χ1n) is 6.07. The number of rotatable bonds is 4. The van der Waals surface area contributed by atoms with Crippen LogP contribution in [0.2, 0.25) is 0 Å². The van der Waals surface area contributed by atoms with Gasteiger partial charge in [-0.3, -0.25) is 0 Å². The molecule has 0 spiro atoms. The number of methoxy groups -OCH3 is 1. The number of alkyl halides is 1. The number of hydrogen-bond donors (Lipinski definition) is 0. The van der Waals surface area contributed by atoms with Crippen molar-refractivity contribution in [1.29, 1.82) is 0 Å². The van der Waals surface area contributed by atoms with Crippen molar-refractivity contribution in [2.45, 2.75) is 32.1 Å². The van der Waals surface area contributed by atoms with Crippen LogP contribution >= 0.6 is 31.9 Å². The first-order chi connectivity index (χ1) is 8.19. The minimum Gasteiger partial charge on any atom is -0.496 e. The maximum atomic E-state index is 5.46. The highest BCUT2D eigenvalue weighted by molar-refractivity contribution is 9.10. The standard InChI is InChI=1S/C14H18Br2O/c1-17-13-5-4-12(16)8-11(13)9-14(10-15)6-2-3-7-14/h4-5,8H,2-3,6-7,9-10H2,1H3. The van der Waals surface area contributed by atoms with Crippen molar-refractivity contribution >= 4 is 31.9 Å². The normalized spacial score (nSPS) is 18.3. The molecule has 17 heavy (non-hydrogen) atoms. The summed E-state index contributed by atoms with van der Waals surface area (Å²) in [5, 5.41) is 1.09. The molecule has 1 nitrogen and oxygen atoms in total. The fourth-order valence-electron chi connectivity index (χ4n) is 2.77. The third-order valence-corrected chi connectivity index (χ3v) is 5.44. The van der Waals surface area contributed by atoms with E-state index in [4.69, 9.17) is 4.74 Å². The quantitative estimate of drug-likeness (QED) is 0.689. The molecule has 0 bridgehead atoms. The van der Waals surface area contributed by atoms with Crippen LogP contribution in [0.3, 0.4) is 0 Å². The first-order valence-corrected chi connectivity index (χ1v) is 7.99. The van der Waals surface area contributed by atoms with Gasteiger partial charge >= 0.3 is 0 Å². The Balaban J connectivity index is 2.24. The molecule has 1 aromatic carbocycles. The highest BCUT2D eigenvalue weighted by Crippen LogP contribution is 2.44. The minimum absolute atomic E-state index is 0.439. The summed E-state index contributed by atoms with van der Waals surface area (Å²) in [5.74, 6) is 1.01. The van der Waals surface area contributed by atoms with Crippen molar-refractivity contribution < 1.29 is 4.74 Å². The molecule has 1 aliphatic carbocycles. The Morgan fingerprint density at radius 3 is 2.59 bits per heavy atom. The van der Waals surface area contributed by atoms with Crippen LogP contribution in [0, 0.1) is 5.41 Å². The Hall–Kier alpha value is -0.0200. The summed E-state index contributed by atoms with van der Waals surface area (Å²) < 4.78 is 6.60. The molecule has 1 aromatic rings. The zero-order chi connectivity index (χ0) is 12.3. The lowest BCUT2D eigenvalue weighted by Crippen LogP contribution is -2.21. The fourth-order valence-corrected chi connectivity index (χ4v) is 3.94. The molecule has 0 saturated heterocycles. The Labute approximate surface area is 120 Å². The zero-order valence-corrected chi connectivity index (χ0v) is 13.3. The van der Waals surface area contributed by atoms with Gasteiger partial charge in [0.2, 0.25) is 0 Å². The van der Waals surface area contributed by atoms with E-state index in [0.717, 1.165) is 22.0 Å². The largest absolute Gasteiger partial charge is 0.496 e. The molecule has 1 aliphatic rings. The third kappa shape index (κ3) is 3.05. The number of ether oxygens (including phenoxy) is 1. The van der Waals surface area contributed by atoms with Crippen LogP contribution in [0.25, 0.3) is 0 Å². The predicted octanol–water partition coefficient (Wildman–Crippen LogP) is 4.96. The second-order valence-corrected chi connectivity index (χ2v) is 6.45. The number of halogens is 2. The molecular weight excluding hydrogens is 344 g/mol. The monoisotopic (exact) mass is 360 g/mol. The third-order valence-electron chi connectivity index (χ3n) is 3.76. The zero-order valence-electron chi connectivity index (χ0n) is 10.1. The molecule has 1 fully saturated rings. The van der Waals surface area contributed by atoms with E-state index in [1.165, 1.54) is 31.2 Å². The van der Waals surface area contributed by atoms with Gasteiger partial charge in [-0.05, 0) is 48.4 Å². The van der Waals surface area contributed by atoms with Crippen LogP contribution in [0.15, 0.2) is 22.7 Å². The Bertz CT molecular complexity index is 384. The van der Waals surface area contributed by atoms with Crippen molar-refractivity contribution in [2.24, 2.45) is 5.41 Å². The van der Waals surface area contributed by atoms with Gasteiger partial charge < -0.3 is 4.74 Å². The lowest BCUT2D eigenvalue weighted by Gasteiger charge is -2.27. The lowest BCUT2D eigenvalue weighted by molar-refractivity contribution is 0.335. The number of benzene rings is 1. The van der Waals surface area contributed by atoms with Crippen LogP contribution in [0.5, 0.6) is 5.75 Å². The van der Waals surface area contributed by atoms with E-state index in [0.29, 0.717) is 5.41 Å². The summed E-state index contributed by atoms with van der Waals surface area (Å²) in [6.07, 6.45) is 6.49. The fraction of sp³-hybridized carbons (Fsp3) is 0.571. The molecule has 0 aromatic heterocycles. The van der Waals surface area contributed by atoms with Crippen molar-refractivity contribution in [3.63, 3.8) is 0 Å². The second kappa shape index (κ2) is 5.75. The Kier molecular flexibility index (Phi) is 4.53. The molecule has 0 unspecified atom stereocenters. The van der Waals surface area contributed by atoms with Crippen LogP contribution in [0.4, 0.5) is 0 Å². The molecule has 0 aliphatic heterocycles. The Morgan fingerprint density at radius 1 is 1.29 bits per heavy atom. The van der Waals surface area contributed by atoms with E-state index in [1.807, 2.05) is 6.07 Å². The molecule has 0 heterocycles. The highest BCUT2D eigenvalue weighted by atomic mass is 79.9. The van der Waals surface area contributed by atoms with E-state index in [9.17, 15) is 0 Å². The first kappa shape index (κ1) is 13.4. The minimum atomic E-state index is 0.439. The molecule has 3 heteroatoms. The topological polar surface area (TPSA) is 9.23 Å². The average Bonchev–Trinajstić information content (AvgIpc) is 2.79. The lowest BCUT2D eigenvalue weighted by atomic mass is 9.82. The summed E-state index contributed by atoms with van der Waals surface area (Å²) in [5.41, 5.74) is 1.76. The van der Waals surface area contributed by atoms with E-state index in [2.05, 4.69) is 44.0 Å². The molecule has 0 radical (unpaired) electrons. The van der Waals surface area contributed by atoms with Gasteiger partial charge in [-0.1, -0.05) is 44.7 Å². The average molecular weight is 362 g/mol. The van der Waals surface area contributed by atoms with E-state index < -0.39 is 0 Å². The van der Waals surface area contributed by atoms with Gasteiger partial charge in [0.1, 0.15) is 5.75 Å². The van der Waals surface area contributed by atoms with Crippen molar-refractivity contribution in [3.05, 3.63) is 28.2 Å². The molecular formula is C14H18Br2O. The molecule has 1 saturated carbocycles. The van der Waals surface area contributed by atoms with Gasteiger partial charge in [-0.2, -0.15) is 0 Å². The summed E-state index contributed by atoms with van der Waals surface area (Å²) in [7, 11) is 1.75. The molecule has 0 atom stereocenters. The molecule has 94 valence electrons. The van der Waals surface area contributed by atoms with E-state index in [1.54, 1.807) is 7.11 Å². The van der Waals surface area contributed by atoms with Gasteiger partial charge in [0.15, 0.2) is 0 Å². The molecule has 2 rings (SSSR count). The van der Waals surface area contributed by atoms with E-state index >= 15 is 0 Å². The van der Waals surface area contributed by atoms with Gasteiger partial charge in [0.25, 0.3) is 0 Å². The Morgan fingerprint density at radius 2 is 2.00 bits per heavy atom. The summed E-state index contributed by atoms with van der Waals surface area (Å²) in [6.45, 7) is 0. The van der Waals surface area contributed by atoms with Crippen LogP contribution in [0.1, 0.15) is 31.2 Å².